The van der Waals surface area contributed by atoms with E-state index in [1.165, 1.54) is 44.4 Å². The van der Waals surface area contributed by atoms with Crippen molar-refractivity contribution in [2.45, 2.75) is 6.04 Å². The van der Waals surface area contributed by atoms with Crippen molar-refractivity contribution in [3.63, 3.8) is 0 Å². The molecule has 1 unspecified atom stereocenters. The Kier molecular flexibility index (Phi) is 7.13. The SMILES string of the molecule is COc1ccc(C(O)=C2C(=O)C(=O)N(CCN(C)C)C2c2cc(OC)ccc2OC)c(O)c1. The fraction of sp³-hybridized carbons (Fsp3) is 0.333. The molecule has 1 saturated heterocycles. The average molecular weight is 456 g/mol. The van der Waals surface area contributed by atoms with E-state index < -0.39 is 23.5 Å². The van der Waals surface area contributed by atoms with Crippen molar-refractivity contribution in [1.82, 2.24) is 9.80 Å². The van der Waals surface area contributed by atoms with Gasteiger partial charge in [0.1, 0.15) is 28.8 Å². The number of carbonyl (C=O) groups excluding carboxylic acids is 2. The second-order valence-corrected chi connectivity index (χ2v) is 7.79. The van der Waals surface area contributed by atoms with Crippen LogP contribution in [-0.2, 0) is 9.59 Å². The van der Waals surface area contributed by atoms with Crippen molar-refractivity contribution in [3.8, 4) is 23.0 Å². The quantitative estimate of drug-likeness (QED) is 0.354. The summed E-state index contributed by atoms with van der Waals surface area (Å²) in [4.78, 5) is 29.5. The second kappa shape index (κ2) is 9.83. The molecule has 2 aromatic rings. The molecule has 1 heterocycles. The molecule has 1 fully saturated rings. The average Bonchev–Trinajstić information content (AvgIpc) is 3.06. The lowest BCUT2D eigenvalue weighted by Gasteiger charge is -2.28. The zero-order chi connectivity index (χ0) is 24.3. The van der Waals surface area contributed by atoms with Gasteiger partial charge in [-0.2, -0.15) is 0 Å². The first-order valence-electron chi connectivity index (χ1n) is 10.3. The van der Waals surface area contributed by atoms with E-state index in [4.69, 9.17) is 14.2 Å². The minimum absolute atomic E-state index is 0.00766. The van der Waals surface area contributed by atoms with Gasteiger partial charge in [0, 0.05) is 24.7 Å². The molecular weight excluding hydrogens is 428 g/mol. The number of benzene rings is 2. The highest BCUT2D eigenvalue weighted by atomic mass is 16.5. The number of aliphatic hydroxyl groups excluding tert-OH is 1. The third-order valence-corrected chi connectivity index (χ3v) is 5.52. The fourth-order valence-electron chi connectivity index (χ4n) is 3.78. The molecule has 0 aliphatic carbocycles. The third-order valence-electron chi connectivity index (χ3n) is 5.52. The Morgan fingerprint density at radius 1 is 1.00 bits per heavy atom. The number of aliphatic hydroxyl groups is 1. The van der Waals surface area contributed by atoms with Gasteiger partial charge in [0.05, 0.1) is 38.5 Å². The third kappa shape index (κ3) is 4.58. The zero-order valence-corrected chi connectivity index (χ0v) is 19.3. The number of methoxy groups -OCH3 is 3. The number of rotatable bonds is 8. The summed E-state index contributed by atoms with van der Waals surface area (Å²) in [5.74, 6) is -1.09. The van der Waals surface area contributed by atoms with Gasteiger partial charge >= 0.3 is 0 Å². The number of ketones is 1. The molecule has 1 aliphatic heterocycles. The van der Waals surface area contributed by atoms with Crippen molar-refractivity contribution < 1.29 is 34.0 Å². The highest BCUT2D eigenvalue weighted by molar-refractivity contribution is 6.46. The number of aromatic hydroxyl groups is 1. The van der Waals surface area contributed by atoms with Gasteiger partial charge in [-0.3, -0.25) is 9.59 Å². The molecular formula is C24H28N2O7. The van der Waals surface area contributed by atoms with Crippen LogP contribution in [-0.4, -0.2) is 80.2 Å². The van der Waals surface area contributed by atoms with Crippen LogP contribution in [0.15, 0.2) is 42.0 Å². The molecule has 0 aromatic heterocycles. The number of amides is 1. The van der Waals surface area contributed by atoms with Crippen molar-refractivity contribution in [1.29, 1.82) is 0 Å². The standard InChI is InChI=1S/C24H28N2O7/c1-25(2)10-11-26-21(17-12-14(31-3)7-9-19(17)33-5)20(23(29)24(26)30)22(28)16-8-6-15(32-4)13-18(16)27/h6-9,12-13,21,27-28H,10-11H2,1-5H3. The van der Waals surface area contributed by atoms with E-state index in [0.717, 1.165) is 0 Å². The molecule has 33 heavy (non-hydrogen) atoms. The van der Waals surface area contributed by atoms with Crippen LogP contribution >= 0.6 is 0 Å². The molecule has 9 nitrogen and oxygen atoms in total. The largest absolute Gasteiger partial charge is 0.507 e. The zero-order valence-electron chi connectivity index (χ0n) is 19.3. The van der Waals surface area contributed by atoms with Gasteiger partial charge in [0.25, 0.3) is 11.7 Å². The normalized spacial score (nSPS) is 17.5. The molecule has 0 saturated carbocycles. The van der Waals surface area contributed by atoms with Gasteiger partial charge in [-0.1, -0.05) is 0 Å². The maximum absolute atomic E-state index is 13.1. The van der Waals surface area contributed by atoms with Crippen LogP contribution in [0.25, 0.3) is 5.76 Å². The van der Waals surface area contributed by atoms with Crippen molar-refractivity contribution in [2.24, 2.45) is 0 Å². The summed E-state index contributed by atoms with van der Waals surface area (Å²) in [5, 5.41) is 21.6. The second-order valence-electron chi connectivity index (χ2n) is 7.79. The van der Waals surface area contributed by atoms with Crippen LogP contribution in [0, 0.1) is 0 Å². The first-order valence-corrected chi connectivity index (χ1v) is 10.3. The Morgan fingerprint density at radius 3 is 2.21 bits per heavy atom. The van der Waals surface area contributed by atoms with Gasteiger partial charge in [-0.05, 0) is 44.4 Å². The van der Waals surface area contributed by atoms with Gasteiger partial charge in [-0.25, -0.2) is 0 Å². The number of carbonyl (C=O) groups is 2. The summed E-state index contributed by atoms with van der Waals surface area (Å²) in [6.45, 7) is 0.720. The van der Waals surface area contributed by atoms with E-state index in [9.17, 15) is 19.8 Å². The number of Topliss-reactive ketones (excluding diaryl/α,β-unsaturated/α-hetero) is 1. The van der Waals surface area contributed by atoms with Crippen molar-refractivity contribution in [3.05, 3.63) is 53.1 Å². The Balaban J connectivity index is 2.26. The fourth-order valence-corrected chi connectivity index (χ4v) is 3.78. The molecule has 176 valence electrons. The first-order chi connectivity index (χ1) is 15.7. The molecule has 1 aliphatic rings. The molecule has 0 radical (unpaired) electrons. The van der Waals surface area contributed by atoms with Crippen LogP contribution in [0.5, 0.6) is 23.0 Å². The van der Waals surface area contributed by atoms with E-state index >= 15 is 0 Å². The number of likely N-dealkylation sites (N-methyl/N-ethyl adjacent to an activating group) is 1. The smallest absolute Gasteiger partial charge is 0.295 e. The van der Waals surface area contributed by atoms with E-state index in [0.29, 0.717) is 29.4 Å². The molecule has 2 N–H and O–H groups in total. The summed E-state index contributed by atoms with van der Waals surface area (Å²) < 4.78 is 15.9. The first kappa shape index (κ1) is 23.9. The predicted octanol–water partition coefficient (Wildman–Crippen LogP) is 2.40. The Hall–Kier alpha value is -3.72. The van der Waals surface area contributed by atoms with Gasteiger partial charge in [-0.15, -0.1) is 0 Å². The van der Waals surface area contributed by atoms with Crippen molar-refractivity contribution >= 4 is 17.4 Å². The number of ether oxygens (including phenoxy) is 3. The van der Waals surface area contributed by atoms with E-state index in [-0.39, 0.29) is 23.4 Å². The summed E-state index contributed by atoms with van der Waals surface area (Å²) in [5.41, 5.74) is 0.336. The molecule has 0 bridgehead atoms. The molecule has 1 amide bonds. The predicted molar refractivity (Wildman–Crippen MR) is 122 cm³/mol. The lowest BCUT2D eigenvalue weighted by atomic mass is 9.94. The van der Waals surface area contributed by atoms with Gasteiger partial charge < -0.3 is 34.2 Å². The minimum atomic E-state index is -0.948. The Bertz CT molecular complexity index is 1090. The summed E-state index contributed by atoms with van der Waals surface area (Å²) in [6, 6.07) is 8.37. The van der Waals surface area contributed by atoms with E-state index in [1.54, 1.807) is 18.2 Å². The van der Waals surface area contributed by atoms with Crippen LogP contribution in [0.3, 0.4) is 0 Å². The molecule has 3 rings (SSSR count). The number of phenolic OH excluding ortho intramolecular Hbond substituents is 1. The number of nitrogens with zero attached hydrogens (tertiary/aromatic N) is 2. The summed E-state index contributed by atoms with van der Waals surface area (Å²) in [6.07, 6.45) is 0. The number of likely N-dealkylation sites (tertiary alicyclic amines) is 1. The molecule has 0 spiro atoms. The van der Waals surface area contributed by atoms with Crippen LogP contribution in [0.4, 0.5) is 0 Å². The molecule has 9 heteroatoms. The Labute approximate surface area is 192 Å². The summed E-state index contributed by atoms with van der Waals surface area (Å²) >= 11 is 0. The molecule has 1 atom stereocenters. The lowest BCUT2D eigenvalue weighted by Crippen LogP contribution is -2.35. The lowest BCUT2D eigenvalue weighted by molar-refractivity contribution is -0.140. The van der Waals surface area contributed by atoms with E-state index in [1.807, 2.05) is 19.0 Å². The maximum atomic E-state index is 13.1. The number of hydrogen-bond acceptors (Lipinski definition) is 8. The highest BCUT2D eigenvalue weighted by Gasteiger charge is 2.47. The van der Waals surface area contributed by atoms with Gasteiger partial charge in [0.2, 0.25) is 0 Å². The van der Waals surface area contributed by atoms with Crippen LogP contribution in [0.2, 0.25) is 0 Å². The summed E-state index contributed by atoms with van der Waals surface area (Å²) in [7, 11) is 8.14. The van der Waals surface area contributed by atoms with Crippen LogP contribution in [0.1, 0.15) is 17.2 Å². The van der Waals surface area contributed by atoms with Gasteiger partial charge in [0.15, 0.2) is 0 Å². The highest BCUT2D eigenvalue weighted by Crippen LogP contribution is 2.44. The number of hydrogen-bond donors (Lipinski definition) is 2. The Morgan fingerprint density at radius 2 is 1.64 bits per heavy atom. The number of phenols is 1. The minimum Gasteiger partial charge on any atom is -0.507 e. The monoisotopic (exact) mass is 456 g/mol. The maximum Gasteiger partial charge on any atom is 0.295 e. The van der Waals surface area contributed by atoms with E-state index in [2.05, 4.69) is 0 Å². The topological polar surface area (TPSA) is 109 Å². The molecule has 2 aromatic carbocycles. The van der Waals surface area contributed by atoms with Crippen molar-refractivity contribution in [2.75, 3.05) is 48.5 Å². The van der Waals surface area contributed by atoms with Crippen LogP contribution < -0.4 is 14.2 Å².